The van der Waals surface area contributed by atoms with E-state index in [1.165, 1.54) is 44.9 Å². The van der Waals surface area contributed by atoms with Crippen molar-refractivity contribution in [1.29, 1.82) is 0 Å². The highest BCUT2D eigenvalue weighted by Gasteiger charge is 2.21. The van der Waals surface area contributed by atoms with Crippen LogP contribution < -0.4 is 4.90 Å². The minimum absolute atomic E-state index is 0.404. The van der Waals surface area contributed by atoms with Gasteiger partial charge < -0.3 is 4.90 Å². The fourth-order valence-corrected chi connectivity index (χ4v) is 5.33. The van der Waals surface area contributed by atoms with Crippen molar-refractivity contribution in [3.05, 3.63) is 162 Å². The first-order valence-corrected chi connectivity index (χ1v) is 13.2. The molecule has 2 aliphatic carbocycles. The van der Waals surface area contributed by atoms with Gasteiger partial charge >= 0.3 is 0 Å². The Balaban J connectivity index is 1.45. The zero-order valence-electron chi connectivity index (χ0n) is 21.0. The number of hydrogen-bond donors (Lipinski definition) is 0. The number of hydrogen-bond acceptors (Lipinski definition) is 1. The molecule has 1 heteroatoms. The van der Waals surface area contributed by atoms with Gasteiger partial charge in [-0.2, -0.15) is 0 Å². The standard InChI is InChI=1S/C36H31N/c1-4-13-28(14-5-1)30-23-25-33(26-24-30)37(34-20-12-19-32(27-34)29-15-6-2-7-16-29)36-22-11-10-21-35(36)31-17-8-3-9-18-31/h1-2,4-8,10-23,25-27,30H,3,9,24H2. The van der Waals surface area contributed by atoms with E-state index in [4.69, 9.17) is 0 Å². The Morgan fingerprint density at radius 2 is 1.38 bits per heavy atom. The summed E-state index contributed by atoms with van der Waals surface area (Å²) in [6, 6.07) is 39.2. The monoisotopic (exact) mass is 477 g/mol. The molecule has 0 saturated carbocycles. The average molecular weight is 478 g/mol. The maximum atomic E-state index is 2.43. The van der Waals surface area contributed by atoms with Gasteiger partial charge in [0.05, 0.1) is 5.69 Å². The van der Waals surface area contributed by atoms with Gasteiger partial charge in [-0.15, -0.1) is 0 Å². The molecule has 0 saturated heterocycles. The van der Waals surface area contributed by atoms with Crippen molar-refractivity contribution in [1.82, 2.24) is 0 Å². The summed E-state index contributed by atoms with van der Waals surface area (Å²) >= 11 is 0. The summed E-state index contributed by atoms with van der Waals surface area (Å²) in [6.07, 6.45) is 17.2. The van der Waals surface area contributed by atoms with E-state index in [2.05, 4.69) is 151 Å². The van der Waals surface area contributed by atoms with Crippen LogP contribution in [0.3, 0.4) is 0 Å². The summed E-state index contributed by atoms with van der Waals surface area (Å²) in [5, 5.41) is 0. The van der Waals surface area contributed by atoms with Crippen LogP contribution in [-0.4, -0.2) is 0 Å². The topological polar surface area (TPSA) is 3.24 Å². The molecule has 0 fully saturated rings. The van der Waals surface area contributed by atoms with Crippen molar-refractivity contribution in [2.24, 2.45) is 0 Å². The molecule has 4 aromatic carbocycles. The van der Waals surface area contributed by atoms with E-state index in [1.807, 2.05) is 0 Å². The van der Waals surface area contributed by atoms with Crippen LogP contribution in [0.2, 0.25) is 0 Å². The fourth-order valence-electron chi connectivity index (χ4n) is 5.33. The Kier molecular flexibility index (Phi) is 6.68. The SMILES string of the molecule is C1=CC(c2ccccc2N(C2=CCC(c3ccccc3)C=C2)c2cccc(-c3ccccc3)c2)=CCC1. The first-order valence-electron chi connectivity index (χ1n) is 13.2. The lowest BCUT2D eigenvalue weighted by Gasteiger charge is -2.31. The number of allylic oxidation sites excluding steroid dienone is 7. The average Bonchev–Trinajstić information content (AvgIpc) is 2.99. The van der Waals surface area contributed by atoms with E-state index in [0.29, 0.717) is 5.92 Å². The normalized spacial score (nSPS) is 16.7. The van der Waals surface area contributed by atoms with Gasteiger partial charge in [0.1, 0.15) is 0 Å². The van der Waals surface area contributed by atoms with Gasteiger partial charge in [0.2, 0.25) is 0 Å². The van der Waals surface area contributed by atoms with Crippen molar-refractivity contribution in [3.63, 3.8) is 0 Å². The van der Waals surface area contributed by atoms with Crippen LogP contribution in [-0.2, 0) is 0 Å². The van der Waals surface area contributed by atoms with Crippen molar-refractivity contribution < 1.29 is 0 Å². The molecule has 1 nitrogen and oxygen atoms in total. The second kappa shape index (κ2) is 10.7. The zero-order chi connectivity index (χ0) is 24.9. The third kappa shape index (κ3) is 4.99. The van der Waals surface area contributed by atoms with Crippen molar-refractivity contribution >= 4 is 16.9 Å². The lowest BCUT2D eigenvalue weighted by Crippen LogP contribution is -2.18. The van der Waals surface area contributed by atoms with Crippen molar-refractivity contribution in [2.45, 2.75) is 25.2 Å². The van der Waals surface area contributed by atoms with E-state index in [-0.39, 0.29) is 0 Å². The molecule has 2 aliphatic rings. The van der Waals surface area contributed by atoms with Crippen LogP contribution in [0.15, 0.2) is 151 Å². The molecular weight excluding hydrogens is 446 g/mol. The molecule has 0 aliphatic heterocycles. The van der Waals surface area contributed by atoms with Crippen LogP contribution in [0.4, 0.5) is 11.4 Å². The Hall–Kier alpha value is -4.36. The van der Waals surface area contributed by atoms with Gasteiger partial charge in [-0.25, -0.2) is 0 Å². The Morgan fingerprint density at radius 1 is 0.622 bits per heavy atom. The molecule has 0 heterocycles. The molecule has 1 unspecified atom stereocenters. The maximum absolute atomic E-state index is 2.43. The van der Waals surface area contributed by atoms with Gasteiger partial charge in [-0.05, 0) is 65.8 Å². The fraction of sp³-hybridized carbons (Fsp3) is 0.111. The van der Waals surface area contributed by atoms with Crippen LogP contribution in [0.1, 0.15) is 36.3 Å². The Bertz CT molecular complexity index is 1490. The molecule has 4 aromatic rings. The van der Waals surface area contributed by atoms with Gasteiger partial charge in [-0.3, -0.25) is 0 Å². The van der Waals surface area contributed by atoms with Gasteiger partial charge in [-0.1, -0.05) is 121 Å². The third-order valence-corrected chi connectivity index (χ3v) is 7.23. The predicted molar refractivity (Wildman–Crippen MR) is 158 cm³/mol. The lowest BCUT2D eigenvalue weighted by atomic mass is 9.91. The number of rotatable bonds is 6. The van der Waals surface area contributed by atoms with Gasteiger partial charge in [0, 0.05) is 22.9 Å². The number of benzene rings is 4. The molecular formula is C36H31N. The first-order chi connectivity index (χ1) is 18.4. The van der Waals surface area contributed by atoms with E-state index in [1.54, 1.807) is 0 Å². The second-order valence-electron chi connectivity index (χ2n) is 9.65. The number of para-hydroxylation sites is 1. The molecule has 0 spiro atoms. The summed E-state index contributed by atoms with van der Waals surface area (Å²) in [6.45, 7) is 0. The molecule has 6 rings (SSSR count). The van der Waals surface area contributed by atoms with Gasteiger partial charge in [0.25, 0.3) is 0 Å². The highest BCUT2D eigenvalue weighted by atomic mass is 15.1. The van der Waals surface area contributed by atoms with E-state index >= 15 is 0 Å². The first kappa shape index (κ1) is 23.1. The molecule has 0 radical (unpaired) electrons. The van der Waals surface area contributed by atoms with Crippen molar-refractivity contribution in [2.75, 3.05) is 4.90 Å². The van der Waals surface area contributed by atoms with E-state index in [9.17, 15) is 0 Å². The molecule has 1 atom stereocenters. The van der Waals surface area contributed by atoms with Crippen LogP contribution in [0, 0.1) is 0 Å². The summed E-state index contributed by atoms with van der Waals surface area (Å²) in [4.78, 5) is 2.43. The zero-order valence-corrected chi connectivity index (χ0v) is 21.0. The number of nitrogens with zero attached hydrogens (tertiary/aromatic N) is 1. The third-order valence-electron chi connectivity index (χ3n) is 7.23. The smallest absolute Gasteiger partial charge is 0.0539 e. The highest BCUT2D eigenvalue weighted by Crippen LogP contribution is 2.40. The summed E-state index contributed by atoms with van der Waals surface area (Å²) in [5.74, 6) is 0.404. The Labute approximate surface area is 220 Å². The van der Waals surface area contributed by atoms with E-state index in [0.717, 1.165) is 19.3 Å². The molecule has 0 bridgehead atoms. The van der Waals surface area contributed by atoms with Crippen LogP contribution >= 0.6 is 0 Å². The predicted octanol–water partition coefficient (Wildman–Crippen LogP) is 9.85. The quantitative estimate of drug-likeness (QED) is 0.267. The molecule has 37 heavy (non-hydrogen) atoms. The minimum atomic E-state index is 0.404. The molecule has 180 valence electrons. The lowest BCUT2D eigenvalue weighted by molar-refractivity contribution is 0.840. The van der Waals surface area contributed by atoms with Crippen LogP contribution in [0.25, 0.3) is 16.7 Å². The number of anilines is 2. The highest BCUT2D eigenvalue weighted by molar-refractivity contribution is 5.87. The molecule has 0 aromatic heterocycles. The largest absolute Gasteiger partial charge is 0.310 e. The molecule has 0 N–H and O–H groups in total. The summed E-state index contributed by atoms with van der Waals surface area (Å²) in [5.41, 5.74) is 9.97. The summed E-state index contributed by atoms with van der Waals surface area (Å²) in [7, 11) is 0. The minimum Gasteiger partial charge on any atom is -0.310 e. The van der Waals surface area contributed by atoms with Gasteiger partial charge in [0.15, 0.2) is 0 Å². The summed E-state index contributed by atoms with van der Waals surface area (Å²) < 4.78 is 0. The van der Waals surface area contributed by atoms with Crippen LogP contribution in [0.5, 0.6) is 0 Å². The Morgan fingerprint density at radius 3 is 2.14 bits per heavy atom. The van der Waals surface area contributed by atoms with E-state index < -0.39 is 0 Å². The second-order valence-corrected chi connectivity index (χ2v) is 9.65. The van der Waals surface area contributed by atoms with Crippen molar-refractivity contribution in [3.8, 4) is 11.1 Å². The maximum Gasteiger partial charge on any atom is 0.0539 e. The molecule has 0 amide bonds.